The molecule has 1 atom stereocenters. The molecule has 4 nitrogen and oxygen atoms in total. The molecule has 2 N–H and O–H groups in total. The zero-order valence-corrected chi connectivity index (χ0v) is 8.91. The lowest BCUT2D eigenvalue weighted by molar-refractivity contribution is 0.175. The Hall–Kier alpha value is 0.220. The summed E-state index contributed by atoms with van der Waals surface area (Å²) in [5.41, 5.74) is 0. The van der Waals surface area contributed by atoms with E-state index in [2.05, 4.69) is 4.72 Å². The molecule has 0 aromatic rings. The average Bonchev–Trinajstić information content (AvgIpc) is 1.95. The van der Waals surface area contributed by atoms with Gasteiger partial charge >= 0.3 is 0 Å². The van der Waals surface area contributed by atoms with Crippen molar-refractivity contribution in [3.63, 3.8) is 0 Å². The first-order valence-corrected chi connectivity index (χ1v) is 6.86. The molecule has 74 valence electrons. The van der Waals surface area contributed by atoms with Crippen LogP contribution in [0.3, 0.4) is 0 Å². The summed E-state index contributed by atoms with van der Waals surface area (Å²) in [5, 5.41) is 9.20. The average molecular weight is 213 g/mol. The first kappa shape index (κ1) is 12.2. The summed E-state index contributed by atoms with van der Waals surface area (Å²) in [5.74, 6) is 0.840. The maximum absolute atomic E-state index is 10.6. The smallest absolute Gasteiger partial charge is 0.208 e. The summed E-state index contributed by atoms with van der Waals surface area (Å²) in [6.45, 7) is 0.111. The Balaban J connectivity index is 3.51. The molecule has 6 heteroatoms. The lowest BCUT2D eigenvalue weighted by atomic mass is 10.3. The standard InChI is InChI=1S/C6H15NO3S2/c1-11-4-3-6(8)5-7-12(2,9)10/h6-8H,3-5H2,1-2H3. The first-order valence-electron chi connectivity index (χ1n) is 3.57. The van der Waals surface area contributed by atoms with Crippen LogP contribution >= 0.6 is 11.8 Å². The molecule has 0 saturated carbocycles. The molecule has 0 aromatic carbocycles. The van der Waals surface area contributed by atoms with Crippen molar-refractivity contribution >= 4 is 21.8 Å². The third-order valence-electron chi connectivity index (χ3n) is 1.24. The maximum atomic E-state index is 10.6. The number of aliphatic hydroxyl groups is 1. The molecule has 0 aromatic heterocycles. The predicted molar refractivity (Wildman–Crippen MR) is 51.9 cm³/mol. The Morgan fingerprint density at radius 3 is 2.58 bits per heavy atom. The Kier molecular flexibility index (Phi) is 5.90. The van der Waals surface area contributed by atoms with E-state index in [0.29, 0.717) is 6.42 Å². The number of nitrogens with one attached hydrogen (secondary N) is 1. The van der Waals surface area contributed by atoms with E-state index >= 15 is 0 Å². The van der Waals surface area contributed by atoms with E-state index in [1.54, 1.807) is 11.8 Å². The second-order valence-corrected chi connectivity index (χ2v) is 5.37. The lowest BCUT2D eigenvalue weighted by Crippen LogP contribution is -2.31. The van der Waals surface area contributed by atoms with Crippen LogP contribution in [-0.4, -0.2) is 44.4 Å². The van der Waals surface area contributed by atoms with Gasteiger partial charge in [-0.15, -0.1) is 0 Å². The van der Waals surface area contributed by atoms with Gasteiger partial charge in [0.15, 0.2) is 0 Å². The SMILES string of the molecule is CSCCC(O)CNS(C)(=O)=O. The molecule has 0 radical (unpaired) electrons. The highest BCUT2D eigenvalue weighted by Gasteiger charge is 2.06. The van der Waals surface area contributed by atoms with Crippen LogP contribution in [0.4, 0.5) is 0 Å². The van der Waals surface area contributed by atoms with E-state index in [1.165, 1.54) is 0 Å². The van der Waals surface area contributed by atoms with Gasteiger partial charge in [-0.3, -0.25) is 0 Å². The molecule has 0 saturated heterocycles. The topological polar surface area (TPSA) is 66.4 Å². The fraction of sp³-hybridized carbons (Fsp3) is 1.00. The van der Waals surface area contributed by atoms with Crippen LogP contribution in [0, 0.1) is 0 Å². The van der Waals surface area contributed by atoms with Crippen molar-refractivity contribution in [3.05, 3.63) is 0 Å². The van der Waals surface area contributed by atoms with Gasteiger partial charge in [0.05, 0.1) is 12.4 Å². The summed E-state index contributed by atoms with van der Waals surface area (Å²) >= 11 is 1.63. The van der Waals surface area contributed by atoms with Crippen molar-refractivity contribution in [2.24, 2.45) is 0 Å². The Morgan fingerprint density at radius 2 is 2.17 bits per heavy atom. The molecule has 0 aliphatic heterocycles. The van der Waals surface area contributed by atoms with E-state index < -0.39 is 16.1 Å². The highest BCUT2D eigenvalue weighted by molar-refractivity contribution is 7.98. The van der Waals surface area contributed by atoms with Gasteiger partial charge in [-0.2, -0.15) is 11.8 Å². The van der Waals surface area contributed by atoms with Crippen molar-refractivity contribution in [1.29, 1.82) is 0 Å². The van der Waals surface area contributed by atoms with Crippen molar-refractivity contribution in [2.45, 2.75) is 12.5 Å². The molecule has 0 heterocycles. The molecular formula is C6H15NO3S2. The monoisotopic (exact) mass is 213 g/mol. The summed E-state index contributed by atoms with van der Waals surface area (Å²) in [7, 11) is -3.16. The molecule has 0 aliphatic carbocycles. The van der Waals surface area contributed by atoms with Crippen molar-refractivity contribution < 1.29 is 13.5 Å². The molecule has 0 fully saturated rings. The third kappa shape index (κ3) is 8.32. The second-order valence-electron chi connectivity index (χ2n) is 2.56. The van der Waals surface area contributed by atoms with E-state index in [4.69, 9.17) is 0 Å². The van der Waals surface area contributed by atoms with Crippen LogP contribution in [0.1, 0.15) is 6.42 Å². The van der Waals surface area contributed by atoms with Gasteiger partial charge in [0.25, 0.3) is 0 Å². The van der Waals surface area contributed by atoms with E-state index in [0.717, 1.165) is 12.0 Å². The van der Waals surface area contributed by atoms with E-state index in [-0.39, 0.29) is 6.54 Å². The van der Waals surface area contributed by atoms with Crippen molar-refractivity contribution in [2.75, 3.05) is 24.8 Å². The molecule has 0 aliphatic rings. The fourth-order valence-corrected chi connectivity index (χ4v) is 1.61. The predicted octanol–water partition coefficient (Wildman–Crippen LogP) is -0.350. The van der Waals surface area contributed by atoms with Gasteiger partial charge in [-0.05, 0) is 18.4 Å². The molecule has 1 unspecified atom stereocenters. The van der Waals surface area contributed by atoms with Gasteiger partial charge in [-0.1, -0.05) is 0 Å². The largest absolute Gasteiger partial charge is 0.392 e. The number of hydrogen-bond donors (Lipinski definition) is 2. The summed E-state index contributed by atoms with van der Waals surface area (Å²) < 4.78 is 23.4. The maximum Gasteiger partial charge on any atom is 0.208 e. The number of sulfonamides is 1. The number of thioether (sulfide) groups is 1. The van der Waals surface area contributed by atoms with Crippen LogP contribution < -0.4 is 4.72 Å². The lowest BCUT2D eigenvalue weighted by Gasteiger charge is -2.09. The minimum Gasteiger partial charge on any atom is -0.392 e. The van der Waals surface area contributed by atoms with Crippen LogP contribution in [0.2, 0.25) is 0 Å². The Bertz CT molecular complexity index is 203. The summed E-state index contributed by atoms with van der Waals surface area (Å²) in [6.07, 6.45) is 3.06. The van der Waals surface area contributed by atoms with Crippen molar-refractivity contribution in [1.82, 2.24) is 4.72 Å². The first-order chi connectivity index (χ1) is 5.45. The highest BCUT2D eigenvalue weighted by Crippen LogP contribution is 1.99. The minimum atomic E-state index is -3.16. The van der Waals surface area contributed by atoms with Crippen LogP contribution in [0.5, 0.6) is 0 Å². The molecule has 12 heavy (non-hydrogen) atoms. The Morgan fingerprint density at radius 1 is 1.58 bits per heavy atom. The fourth-order valence-electron chi connectivity index (χ4n) is 0.604. The molecular weight excluding hydrogens is 198 g/mol. The van der Waals surface area contributed by atoms with E-state index in [9.17, 15) is 13.5 Å². The summed E-state index contributed by atoms with van der Waals surface area (Å²) in [4.78, 5) is 0. The van der Waals surface area contributed by atoms with Gasteiger partial charge in [0.2, 0.25) is 10.0 Å². The molecule has 0 amide bonds. The Labute approximate surface area is 77.8 Å². The van der Waals surface area contributed by atoms with Gasteiger partial charge in [-0.25, -0.2) is 13.1 Å². The van der Waals surface area contributed by atoms with Gasteiger partial charge in [0.1, 0.15) is 0 Å². The van der Waals surface area contributed by atoms with Gasteiger partial charge in [0, 0.05) is 6.54 Å². The van der Waals surface area contributed by atoms with Crippen molar-refractivity contribution in [3.8, 4) is 0 Å². The molecule has 0 bridgehead atoms. The van der Waals surface area contributed by atoms with Crippen LogP contribution in [0.25, 0.3) is 0 Å². The van der Waals surface area contributed by atoms with Crippen LogP contribution in [-0.2, 0) is 10.0 Å². The van der Waals surface area contributed by atoms with Crippen LogP contribution in [0.15, 0.2) is 0 Å². The zero-order chi connectivity index (χ0) is 9.61. The number of aliphatic hydroxyl groups excluding tert-OH is 1. The van der Waals surface area contributed by atoms with Gasteiger partial charge < -0.3 is 5.11 Å². The number of hydrogen-bond acceptors (Lipinski definition) is 4. The highest BCUT2D eigenvalue weighted by atomic mass is 32.2. The molecule has 0 rings (SSSR count). The van der Waals surface area contributed by atoms with E-state index in [1.807, 2.05) is 6.26 Å². The number of rotatable bonds is 6. The summed E-state index contributed by atoms with van der Waals surface area (Å²) in [6, 6.07) is 0. The zero-order valence-electron chi connectivity index (χ0n) is 7.28. The second kappa shape index (κ2) is 5.80. The minimum absolute atomic E-state index is 0.111. The normalized spacial score (nSPS) is 14.6. The third-order valence-corrected chi connectivity index (χ3v) is 2.57. The molecule has 0 spiro atoms. The quantitative estimate of drug-likeness (QED) is 0.633.